The molecule has 2 fully saturated rings. The number of aliphatic hydroxyl groups is 1. The monoisotopic (exact) mass is 346 g/mol. The average molecular weight is 346 g/mol. The number of rotatable bonds is 4. The number of carbonyl (C=O) groups excluding carboxylic acids is 1. The smallest absolute Gasteiger partial charge is 0.236 e. The normalized spacial score (nSPS) is 22.0. The second-order valence-corrected chi connectivity index (χ2v) is 7.60. The molecule has 0 saturated carbocycles. The Labute approximate surface area is 150 Å². The molecule has 0 radical (unpaired) electrons. The number of hydrogen-bond acceptors (Lipinski definition) is 4. The van der Waals surface area contributed by atoms with Crippen LogP contribution in [0.15, 0.2) is 24.3 Å². The molecule has 0 unspecified atom stereocenters. The molecule has 2 aliphatic heterocycles. The summed E-state index contributed by atoms with van der Waals surface area (Å²) in [4.78, 5) is 16.7. The van der Waals surface area contributed by atoms with E-state index < -0.39 is 5.60 Å². The first-order chi connectivity index (χ1) is 12.0. The van der Waals surface area contributed by atoms with Gasteiger partial charge in [-0.2, -0.15) is 0 Å². The zero-order valence-electron chi connectivity index (χ0n) is 15.4. The summed E-state index contributed by atoms with van der Waals surface area (Å²) in [6.07, 6.45) is 3.54. The minimum Gasteiger partial charge on any atom is -0.497 e. The standard InChI is InChI=1S/C20H30N2O3/c1-16-7-11-22(12-8-16)19(23)15-21-13-9-20(24,10-14-21)17-3-5-18(25-2)6-4-17/h3-6,16,24H,7-15H2,1-2H3. The molecule has 0 bridgehead atoms. The predicted octanol–water partition coefficient (Wildman–Crippen LogP) is 2.24. The van der Waals surface area contributed by atoms with Gasteiger partial charge in [-0.25, -0.2) is 0 Å². The van der Waals surface area contributed by atoms with Gasteiger partial charge in [-0.05, 0) is 49.3 Å². The number of piperidine rings is 2. The van der Waals surface area contributed by atoms with E-state index >= 15 is 0 Å². The van der Waals surface area contributed by atoms with E-state index in [2.05, 4.69) is 11.8 Å². The predicted molar refractivity (Wildman–Crippen MR) is 97.5 cm³/mol. The van der Waals surface area contributed by atoms with Gasteiger partial charge in [0.15, 0.2) is 0 Å². The highest BCUT2D eigenvalue weighted by atomic mass is 16.5. The van der Waals surface area contributed by atoms with E-state index in [1.807, 2.05) is 29.2 Å². The molecular weight excluding hydrogens is 316 g/mol. The maximum absolute atomic E-state index is 12.5. The highest BCUT2D eigenvalue weighted by Crippen LogP contribution is 2.33. The lowest BCUT2D eigenvalue weighted by Crippen LogP contribution is -2.48. The Kier molecular flexibility index (Phi) is 5.64. The van der Waals surface area contributed by atoms with Crippen LogP contribution in [-0.4, -0.2) is 60.6 Å². The van der Waals surface area contributed by atoms with Gasteiger partial charge in [-0.3, -0.25) is 9.69 Å². The quantitative estimate of drug-likeness (QED) is 0.908. The summed E-state index contributed by atoms with van der Waals surface area (Å²) in [5.41, 5.74) is 0.135. The highest BCUT2D eigenvalue weighted by molar-refractivity contribution is 5.78. The summed E-state index contributed by atoms with van der Waals surface area (Å²) in [5.74, 6) is 1.77. The summed E-state index contributed by atoms with van der Waals surface area (Å²) in [6.45, 7) is 6.02. The van der Waals surface area contributed by atoms with Crippen molar-refractivity contribution < 1.29 is 14.6 Å². The van der Waals surface area contributed by atoms with Crippen LogP contribution in [0.3, 0.4) is 0 Å². The van der Waals surface area contributed by atoms with Gasteiger partial charge in [0.1, 0.15) is 5.75 Å². The number of carbonyl (C=O) groups is 1. The summed E-state index contributed by atoms with van der Waals surface area (Å²) in [7, 11) is 1.64. The van der Waals surface area contributed by atoms with Gasteiger partial charge in [0, 0.05) is 26.2 Å². The molecule has 1 aromatic carbocycles. The van der Waals surface area contributed by atoms with Crippen LogP contribution >= 0.6 is 0 Å². The fraction of sp³-hybridized carbons (Fsp3) is 0.650. The first-order valence-electron chi connectivity index (χ1n) is 9.37. The van der Waals surface area contributed by atoms with Crippen molar-refractivity contribution in [1.82, 2.24) is 9.80 Å². The van der Waals surface area contributed by atoms with Gasteiger partial charge >= 0.3 is 0 Å². The van der Waals surface area contributed by atoms with Crippen molar-refractivity contribution in [2.75, 3.05) is 39.8 Å². The Hall–Kier alpha value is -1.59. The van der Waals surface area contributed by atoms with E-state index in [9.17, 15) is 9.90 Å². The number of methoxy groups -OCH3 is 1. The molecule has 2 aliphatic rings. The highest BCUT2D eigenvalue weighted by Gasteiger charge is 2.35. The number of hydrogen-bond donors (Lipinski definition) is 1. The van der Waals surface area contributed by atoms with Crippen molar-refractivity contribution >= 4 is 5.91 Å². The van der Waals surface area contributed by atoms with Crippen LogP contribution in [0.1, 0.15) is 38.2 Å². The fourth-order valence-electron chi connectivity index (χ4n) is 3.82. The maximum atomic E-state index is 12.5. The van der Waals surface area contributed by atoms with Crippen molar-refractivity contribution in [3.63, 3.8) is 0 Å². The molecule has 5 nitrogen and oxygen atoms in total. The number of nitrogens with zero attached hydrogens (tertiary/aromatic N) is 2. The van der Waals surface area contributed by atoms with Crippen LogP contribution in [-0.2, 0) is 10.4 Å². The van der Waals surface area contributed by atoms with E-state index in [4.69, 9.17) is 4.74 Å². The van der Waals surface area contributed by atoms with Crippen LogP contribution in [0.2, 0.25) is 0 Å². The zero-order chi connectivity index (χ0) is 17.9. The number of ether oxygens (including phenoxy) is 1. The van der Waals surface area contributed by atoms with Gasteiger partial charge in [0.25, 0.3) is 0 Å². The van der Waals surface area contributed by atoms with Crippen LogP contribution in [0.25, 0.3) is 0 Å². The summed E-state index contributed by atoms with van der Waals surface area (Å²) in [5, 5.41) is 11.0. The number of likely N-dealkylation sites (tertiary alicyclic amines) is 2. The van der Waals surface area contributed by atoms with Crippen molar-refractivity contribution in [1.29, 1.82) is 0 Å². The second kappa shape index (κ2) is 7.75. The first kappa shape index (κ1) is 18.2. The molecule has 5 heteroatoms. The van der Waals surface area contributed by atoms with E-state index in [0.717, 1.165) is 56.3 Å². The Balaban J connectivity index is 1.51. The molecule has 0 aromatic heterocycles. The molecular formula is C20H30N2O3. The number of amides is 1. The third-order valence-electron chi connectivity index (χ3n) is 5.81. The Morgan fingerprint density at radius 3 is 2.32 bits per heavy atom. The molecule has 1 amide bonds. The van der Waals surface area contributed by atoms with Crippen molar-refractivity contribution in [3.05, 3.63) is 29.8 Å². The maximum Gasteiger partial charge on any atom is 0.236 e. The molecule has 25 heavy (non-hydrogen) atoms. The summed E-state index contributed by atoms with van der Waals surface area (Å²) in [6, 6.07) is 7.66. The molecule has 1 aromatic rings. The lowest BCUT2D eigenvalue weighted by molar-refractivity contribution is -0.135. The zero-order valence-corrected chi connectivity index (χ0v) is 15.4. The van der Waals surface area contributed by atoms with Crippen LogP contribution in [0.5, 0.6) is 5.75 Å². The number of benzene rings is 1. The Bertz CT molecular complexity index is 571. The minimum atomic E-state index is -0.799. The Morgan fingerprint density at radius 1 is 1.16 bits per heavy atom. The van der Waals surface area contributed by atoms with Crippen molar-refractivity contribution in [2.24, 2.45) is 5.92 Å². The molecule has 3 rings (SSSR count). The largest absolute Gasteiger partial charge is 0.497 e. The van der Waals surface area contributed by atoms with Crippen LogP contribution in [0, 0.1) is 5.92 Å². The third kappa shape index (κ3) is 4.33. The van der Waals surface area contributed by atoms with Gasteiger partial charge < -0.3 is 14.7 Å². The van der Waals surface area contributed by atoms with Gasteiger partial charge in [-0.15, -0.1) is 0 Å². The second-order valence-electron chi connectivity index (χ2n) is 7.60. The molecule has 2 saturated heterocycles. The summed E-state index contributed by atoms with van der Waals surface area (Å²) < 4.78 is 5.18. The van der Waals surface area contributed by atoms with Crippen molar-refractivity contribution in [2.45, 2.75) is 38.2 Å². The molecule has 0 atom stereocenters. The average Bonchev–Trinajstić information content (AvgIpc) is 2.64. The molecule has 0 aliphatic carbocycles. The van der Waals surface area contributed by atoms with E-state index in [-0.39, 0.29) is 5.91 Å². The third-order valence-corrected chi connectivity index (χ3v) is 5.81. The Morgan fingerprint density at radius 2 is 1.76 bits per heavy atom. The minimum absolute atomic E-state index is 0.238. The molecule has 2 heterocycles. The van der Waals surface area contributed by atoms with E-state index in [1.54, 1.807) is 7.11 Å². The molecule has 0 spiro atoms. The SMILES string of the molecule is COc1ccc(C2(O)CCN(CC(=O)N3CCC(C)CC3)CC2)cc1. The van der Waals surface area contributed by atoms with Gasteiger partial charge in [-0.1, -0.05) is 19.1 Å². The topological polar surface area (TPSA) is 53.0 Å². The lowest BCUT2D eigenvalue weighted by atomic mass is 9.84. The first-order valence-corrected chi connectivity index (χ1v) is 9.37. The van der Waals surface area contributed by atoms with E-state index in [1.165, 1.54) is 0 Å². The lowest BCUT2D eigenvalue weighted by Gasteiger charge is -2.39. The van der Waals surface area contributed by atoms with Crippen LogP contribution < -0.4 is 4.74 Å². The summed E-state index contributed by atoms with van der Waals surface area (Å²) >= 11 is 0. The molecule has 1 N–H and O–H groups in total. The van der Waals surface area contributed by atoms with Gasteiger partial charge in [0.05, 0.1) is 19.3 Å². The molecule has 138 valence electrons. The van der Waals surface area contributed by atoms with Crippen molar-refractivity contribution in [3.8, 4) is 5.75 Å². The van der Waals surface area contributed by atoms with Gasteiger partial charge in [0.2, 0.25) is 5.91 Å². The van der Waals surface area contributed by atoms with Crippen LogP contribution in [0.4, 0.5) is 0 Å². The van der Waals surface area contributed by atoms with E-state index in [0.29, 0.717) is 19.4 Å². The fourth-order valence-corrected chi connectivity index (χ4v) is 3.82.